The van der Waals surface area contributed by atoms with Gasteiger partial charge in [-0.3, -0.25) is 0 Å². The van der Waals surface area contributed by atoms with Crippen molar-refractivity contribution in [2.75, 3.05) is 9.80 Å². The minimum atomic E-state index is -0.00933. The summed E-state index contributed by atoms with van der Waals surface area (Å²) in [6.45, 7) is 10.9. The predicted molar refractivity (Wildman–Crippen MR) is 206 cm³/mol. The van der Waals surface area contributed by atoms with Gasteiger partial charge in [0, 0.05) is 34.1 Å². The topological polar surface area (TPSA) is 6.48 Å². The molecule has 2 aliphatic rings. The van der Waals surface area contributed by atoms with Crippen LogP contribution in [0, 0.1) is 13.8 Å². The van der Waals surface area contributed by atoms with Crippen molar-refractivity contribution in [2.24, 2.45) is 0 Å². The third-order valence-corrected chi connectivity index (χ3v) is 9.75. The van der Waals surface area contributed by atoms with Crippen molar-refractivity contribution < 1.29 is 0 Å². The zero-order valence-corrected chi connectivity index (χ0v) is 27.7. The Morgan fingerprint density at radius 3 is 1.42 bits per heavy atom. The van der Waals surface area contributed by atoms with Crippen LogP contribution in [0.3, 0.4) is 0 Å². The fraction of sp³-hybridized carbons (Fsp3) is 0.0667. The van der Waals surface area contributed by atoms with Crippen molar-refractivity contribution in [3.05, 3.63) is 192 Å². The maximum absolute atomic E-state index is 4.45. The van der Waals surface area contributed by atoms with E-state index in [0.29, 0.717) is 0 Å². The molecule has 0 saturated carbocycles. The van der Waals surface area contributed by atoms with Crippen LogP contribution in [0.15, 0.2) is 181 Å². The number of para-hydroxylation sites is 2. The average Bonchev–Trinajstić information content (AvgIpc) is 3.14. The van der Waals surface area contributed by atoms with Gasteiger partial charge in [0.2, 0.25) is 0 Å². The van der Waals surface area contributed by atoms with Gasteiger partial charge in [0.05, 0.1) is 0 Å². The van der Waals surface area contributed by atoms with E-state index >= 15 is 0 Å². The molecule has 230 valence electrons. The second-order valence-electron chi connectivity index (χ2n) is 12.7. The molecule has 0 amide bonds. The van der Waals surface area contributed by atoms with Gasteiger partial charge in [-0.1, -0.05) is 133 Å². The first-order chi connectivity index (χ1) is 23.6. The number of hydrogen-bond donors (Lipinski definition) is 0. The van der Waals surface area contributed by atoms with Crippen molar-refractivity contribution in [3.63, 3.8) is 0 Å². The van der Waals surface area contributed by atoms with Gasteiger partial charge < -0.3 is 9.80 Å². The Morgan fingerprint density at radius 1 is 0.521 bits per heavy atom. The highest BCUT2D eigenvalue weighted by Crippen LogP contribution is 2.45. The molecule has 48 heavy (non-hydrogen) atoms. The van der Waals surface area contributed by atoms with Gasteiger partial charge in [0.1, 0.15) is 0 Å². The number of rotatable bonds is 5. The first-order valence-corrected chi connectivity index (χ1v) is 16.7. The molecule has 0 bridgehead atoms. The van der Waals surface area contributed by atoms with Crippen molar-refractivity contribution >= 4 is 40.4 Å². The molecule has 8 rings (SSSR count). The van der Waals surface area contributed by atoms with Gasteiger partial charge in [-0.15, -0.1) is 0 Å². The molecule has 0 fully saturated rings. The molecule has 0 radical (unpaired) electrons. The summed E-state index contributed by atoms with van der Waals surface area (Å²) in [5.41, 5.74) is 18.1. The molecule has 2 heterocycles. The van der Waals surface area contributed by atoms with E-state index in [9.17, 15) is 0 Å². The van der Waals surface area contributed by atoms with Gasteiger partial charge in [-0.2, -0.15) is 0 Å². The molecule has 3 heteroatoms. The zero-order valence-electron chi connectivity index (χ0n) is 27.7. The van der Waals surface area contributed by atoms with Crippen LogP contribution in [-0.2, 0) is 0 Å². The summed E-state index contributed by atoms with van der Waals surface area (Å²) >= 11 is 0. The van der Waals surface area contributed by atoms with Crippen LogP contribution in [0.5, 0.6) is 0 Å². The first kappa shape index (κ1) is 29.6. The number of hydrogen-bond acceptors (Lipinski definition) is 2. The maximum Gasteiger partial charge on any atom is 0.252 e. The minimum absolute atomic E-state index is 0.00933. The first-order valence-electron chi connectivity index (χ1n) is 16.7. The van der Waals surface area contributed by atoms with E-state index in [1.807, 2.05) is 6.08 Å². The summed E-state index contributed by atoms with van der Waals surface area (Å²) in [4.78, 5) is 4.83. The van der Waals surface area contributed by atoms with Crippen LogP contribution in [-0.4, -0.2) is 6.71 Å². The summed E-state index contributed by atoms with van der Waals surface area (Å²) < 4.78 is 0. The molecule has 0 aromatic heterocycles. The highest BCUT2D eigenvalue weighted by atomic mass is 15.2. The van der Waals surface area contributed by atoms with Crippen molar-refractivity contribution in [3.8, 4) is 22.3 Å². The van der Waals surface area contributed by atoms with Crippen LogP contribution in [0.4, 0.5) is 22.7 Å². The Labute approximate surface area is 284 Å². The molecular weight excluding hydrogens is 579 g/mol. The van der Waals surface area contributed by atoms with E-state index in [1.165, 1.54) is 66.9 Å². The molecule has 0 atom stereocenters. The van der Waals surface area contributed by atoms with E-state index < -0.39 is 0 Å². The monoisotopic (exact) mass is 616 g/mol. The lowest BCUT2D eigenvalue weighted by atomic mass is 9.32. The van der Waals surface area contributed by atoms with Crippen molar-refractivity contribution in [1.29, 1.82) is 0 Å². The molecule has 6 aromatic carbocycles. The van der Waals surface area contributed by atoms with E-state index in [-0.39, 0.29) is 6.71 Å². The third kappa shape index (κ3) is 4.91. The smallest absolute Gasteiger partial charge is 0.252 e. The molecule has 0 spiro atoms. The fourth-order valence-electron chi connectivity index (χ4n) is 7.43. The highest BCUT2D eigenvalue weighted by Gasteiger charge is 2.44. The van der Waals surface area contributed by atoms with Gasteiger partial charge in [-0.05, 0) is 102 Å². The van der Waals surface area contributed by atoms with Crippen LogP contribution in [0.2, 0.25) is 0 Å². The van der Waals surface area contributed by atoms with Gasteiger partial charge >= 0.3 is 0 Å². The lowest BCUT2D eigenvalue weighted by Gasteiger charge is -2.45. The van der Waals surface area contributed by atoms with Crippen molar-refractivity contribution in [1.82, 2.24) is 0 Å². The normalized spacial score (nSPS) is 14.5. The van der Waals surface area contributed by atoms with Crippen LogP contribution in [0.1, 0.15) is 18.1 Å². The summed E-state index contributed by atoms with van der Waals surface area (Å²) in [5, 5.41) is 0. The molecule has 0 N–H and O–H groups in total. The Balaban J connectivity index is 1.46. The molecule has 0 aliphatic carbocycles. The summed E-state index contributed by atoms with van der Waals surface area (Å²) in [5.74, 6) is 0. The standard InChI is InChI=1S/C45H37BN2/c1-5-41-45-42(6-2)48(38-15-11-8-12-16-38)44-28-26-36(34-23-19-32(4)20-24-34)30-40(44)46(45)39-29-35(33-21-17-31(3)18-22-33)25-27-43(39)47(41)37-13-9-7-10-14-37/h5-30H,1H2,2-4H3/b42-6+. The van der Waals surface area contributed by atoms with Gasteiger partial charge in [0.15, 0.2) is 0 Å². The minimum Gasteiger partial charge on any atom is -0.312 e. The maximum atomic E-state index is 4.45. The fourth-order valence-corrected chi connectivity index (χ4v) is 7.43. The number of allylic oxidation sites excluding steroid dienone is 3. The number of anilines is 4. The predicted octanol–water partition coefficient (Wildman–Crippen LogP) is 10.4. The summed E-state index contributed by atoms with van der Waals surface area (Å²) in [6.07, 6.45) is 4.32. The lowest BCUT2D eigenvalue weighted by Crippen LogP contribution is -2.56. The number of benzene rings is 6. The molecule has 2 aliphatic heterocycles. The van der Waals surface area contributed by atoms with E-state index in [4.69, 9.17) is 0 Å². The Kier molecular flexibility index (Phi) is 7.46. The lowest BCUT2D eigenvalue weighted by molar-refractivity contribution is 1.12. The second-order valence-corrected chi connectivity index (χ2v) is 12.7. The van der Waals surface area contributed by atoms with E-state index in [1.54, 1.807) is 0 Å². The van der Waals surface area contributed by atoms with Crippen LogP contribution in [0.25, 0.3) is 22.3 Å². The largest absolute Gasteiger partial charge is 0.312 e. The SMILES string of the molecule is C=CC1=C2B(c3cc(-c4ccc(C)cc4)ccc3N1c1ccccc1)c1cc(-c3ccc(C)cc3)ccc1N(c1ccccc1)/C2=C/C. The number of aryl methyl sites for hydroxylation is 2. The molecule has 0 unspecified atom stereocenters. The average molecular weight is 617 g/mol. The highest BCUT2D eigenvalue weighted by molar-refractivity contribution is 6.95. The van der Waals surface area contributed by atoms with Crippen LogP contribution < -0.4 is 20.7 Å². The second kappa shape index (κ2) is 12.1. The molecule has 2 nitrogen and oxygen atoms in total. The summed E-state index contributed by atoms with van der Waals surface area (Å²) in [6, 6.07) is 53.2. The zero-order chi connectivity index (χ0) is 32.8. The Hall–Kier alpha value is -5.80. The van der Waals surface area contributed by atoms with Crippen LogP contribution >= 0.6 is 0 Å². The van der Waals surface area contributed by atoms with Gasteiger partial charge in [0.25, 0.3) is 6.71 Å². The number of fused-ring (bicyclic) bond motifs is 5. The Bertz CT molecular complexity index is 2210. The van der Waals surface area contributed by atoms with E-state index in [0.717, 1.165) is 17.1 Å². The molecule has 6 aromatic rings. The third-order valence-electron chi connectivity index (χ3n) is 9.75. The number of nitrogens with zero attached hydrogens (tertiary/aromatic N) is 2. The van der Waals surface area contributed by atoms with Gasteiger partial charge in [-0.25, -0.2) is 0 Å². The Morgan fingerprint density at radius 2 is 0.958 bits per heavy atom. The molecular formula is C45H37BN2. The molecule has 0 saturated heterocycles. The quantitative estimate of drug-likeness (QED) is 0.178. The summed E-state index contributed by atoms with van der Waals surface area (Å²) in [7, 11) is 0. The van der Waals surface area contributed by atoms with Crippen molar-refractivity contribution in [2.45, 2.75) is 20.8 Å². The van der Waals surface area contributed by atoms with E-state index in [2.05, 4.69) is 189 Å².